The van der Waals surface area contributed by atoms with E-state index in [2.05, 4.69) is 38.0 Å². The molecule has 1 heterocycles. The Balaban J connectivity index is 1.90. The van der Waals surface area contributed by atoms with Crippen molar-refractivity contribution < 1.29 is 0 Å². The van der Waals surface area contributed by atoms with Gasteiger partial charge in [-0.15, -0.1) is 0 Å². The third-order valence-corrected chi connectivity index (χ3v) is 6.13. The van der Waals surface area contributed by atoms with Gasteiger partial charge in [0.15, 0.2) is 0 Å². The fourth-order valence-corrected chi connectivity index (χ4v) is 4.42. The van der Waals surface area contributed by atoms with Gasteiger partial charge in [0.1, 0.15) is 0 Å². The van der Waals surface area contributed by atoms with Crippen molar-refractivity contribution >= 4 is 0 Å². The third-order valence-electron chi connectivity index (χ3n) is 6.13. The number of rotatable bonds is 5. The lowest BCUT2D eigenvalue weighted by atomic mass is 9.78. The molecule has 1 aliphatic heterocycles. The zero-order valence-electron chi connectivity index (χ0n) is 13.5. The summed E-state index contributed by atoms with van der Waals surface area (Å²) in [5.74, 6) is 1.80. The number of nitrogens with zero attached hydrogens (tertiary/aromatic N) is 1. The van der Waals surface area contributed by atoms with Crippen LogP contribution in [0.1, 0.15) is 59.3 Å². The van der Waals surface area contributed by atoms with E-state index in [0.717, 1.165) is 17.9 Å². The molecule has 1 saturated heterocycles. The summed E-state index contributed by atoms with van der Waals surface area (Å²) in [6, 6.07) is 0.759. The molecular formula is C17H34N2. The molecule has 1 aliphatic carbocycles. The Hall–Kier alpha value is -0.0800. The minimum absolute atomic E-state index is 0.634. The Morgan fingerprint density at radius 1 is 1.21 bits per heavy atom. The number of hydrogen-bond acceptors (Lipinski definition) is 2. The summed E-state index contributed by atoms with van der Waals surface area (Å²) in [5, 5.41) is 3.57. The molecule has 112 valence electrons. The van der Waals surface area contributed by atoms with E-state index in [9.17, 15) is 0 Å². The lowest BCUT2D eigenvalue weighted by Gasteiger charge is -2.37. The molecule has 2 heteroatoms. The number of nitrogens with one attached hydrogen (secondary N) is 1. The maximum absolute atomic E-state index is 3.57. The molecule has 3 atom stereocenters. The Bertz CT molecular complexity index is 272. The van der Waals surface area contributed by atoms with Gasteiger partial charge in [-0.25, -0.2) is 0 Å². The molecule has 19 heavy (non-hydrogen) atoms. The third kappa shape index (κ3) is 3.52. The van der Waals surface area contributed by atoms with Crippen molar-refractivity contribution in [3.05, 3.63) is 0 Å². The molecule has 0 aromatic heterocycles. The van der Waals surface area contributed by atoms with Gasteiger partial charge >= 0.3 is 0 Å². The molecule has 1 saturated carbocycles. The highest BCUT2D eigenvalue weighted by atomic mass is 15.2. The molecular weight excluding hydrogens is 232 g/mol. The fourth-order valence-electron chi connectivity index (χ4n) is 4.42. The molecule has 0 bridgehead atoms. The summed E-state index contributed by atoms with van der Waals surface area (Å²) in [6.07, 6.45) is 8.35. The second kappa shape index (κ2) is 6.58. The van der Waals surface area contributed by atoms with Crippen LogP contribution in [-0.4, -0.2) is 37.6 Å². The molecule has 0 radical (unpaired) electrons. The summed E-state index contributed by atoms with van der Waals surface area (Å²) in [6.45, 7) is 11.2. The van der Waals surface area contributed by atoms with Crippen LogP contribution in [0.4, 0.5) is 0 Å². The quantitative estimate of drug-likeness (QED) is 0.819. The highest BCUT2D eigenvalue weighted by molar-refractivity contribution is 4.91. The molecule has 0 amide bonds. The van der Waals surface area contributed by atoms with Crippen molar-refractivity contribution in [1.29, 1.82) is 0 Å². The van der Waals surface area contributed by atoms with Crippen LogP contribution in [0.3, 0.4) is 0 Å². The first-order valence-corrected chi connectivity index (χ1v) is 8.52. The topological polar surface area (TPSA) is 15.3 Å². The van der Waals surface area contributed by atoms with Crippen LogP contribution in [0.25, 0.3) is 0 Å². The minimum atomic E-state index is 0.634. The molecule has 2 nitrogen and oxygen atoms in total. The van der Waals surface area contributed by atoms with E-state index in [0.29, 0.717) is 5.41 Å². The first-order valence-electron chi connectivity index (χ1n) is 8.52. The minimum Gasteiger partial charge on any atom is -0.317 e. The molecule has 3 unspecified atom stereocenters. The maximum Gasteiger partial charge on any atom is 0.0105 e. The summed E-state index contributed by atoms with van der Waals surface area (Å²) < 4.78 is 0. The summed E-state index contributed by atoms with van der Waals surface area (Å²) in [5.41, 5.74) is 0.634. The Morgan fingerprint density at radius 3 is 2.53 bits per heavy atom. The van der Waals surface area contributed by atoms with Crippen LogP contribution in [0.2, 0.25) is 0 Å². The molecule has 2 aliphatic rings. The van der Waals surface area contributed by atoms with E-state index in [1.165, 1.54) is 58.2 Å². The first kappa shape index (κ1) is 15.3. The van der Waals surface area contributed by atoms with Crippen LogP contribution in [-0.2, 0) is 0 Å². The summed E-state index contributed by atoms with van der Waals surface area (Å²) >= 11 is 0. The largest absolute Gasteiger partial charge is 0.317 e. The zero-order valence-corrected chi connectivity index (χ0v) is 13.5. The standard InChI is InChI=1S/C17H34N2/c1-5-17(6-2)9-10-19(13-17)12-15-11-14(3)7-8-16(15)18-4/h14-16,18H,5-13H2,1-4H3. The van der Waals surface area contributed by atoms with E-state index >= 15 is 0 Å². The monoisotopic (exact) mass is 266 g/mol. The van der Waals surface area contributed by atoms with Crippen molar-refractivity contribution in [1.82, 2.24) is 10.2 Å². The molecule has 1 N–H and O–H groups in total. The van der Waals surface area contributed by atoms with Crippen molar-refractivity contribution in [2.45, 2.75) is 65.3 Å². The smallest absolute Gasteiger partial charge is 0.0105 e. The Morgan fingerprint density at radius 2 is 1.95 bits per heavy atom. The fraction of sp³-hybridized carbons (Fsp3) is 1.00. The highest BCUT2D eigenvalue weighted by Crippen LogP contribution is 2.38. The molecule has 2 fully saturated rings. The van der Waals surface area contributed by atoms with Gasteiger partial charge in [0, 0.05) is 19.1 Å². The van der Waals surface area contributed by atoms with Crippen LogP contribution < -0.4 is 5.32 Å². The van der Waals surface area contributed by atoms with Crippen molar-refractivity contribution in [3.63, 3.8) is 0 Å². The van der Waals surface area contributed by atoms with E-state index in [1.807, 2.05) is 0 Å². The Labute approximate surface area is 120 Å². The van der Waals surface area contributed by atoms with Gasteiger partial charge in [-0.2, -0.15) is 0 Å². The summed E-state index contributed by atoms with van der Waals surface area (Å²) in [4.78, 5) is 2.76. The average molecular weight is 266 g/mol. The normalized spacial score (nSPS) is 35.7. The van der Waals surface area contributed by atoms with Crippen molar-refractivity contribution in [2.24, 2.45) is 17.3 Å². The van der Waals surface area contributed by atoms with Gasteiger partial charge in [0.05, 0.1) is 0 Å². The van der Waals surface area contributed by atoms with Crippen LogP contribution in [0.5, 0.6) is 0 Å². The SMILES string of the molecule is CCC1(CC)CCN(CC2CC(C)CCC2NC)C1. The van der Waals surface area contributed by atoms with Crippen LogP contribution >= 0.6 is 0 Å². The predicted octanol–water partition coefficient (Wildman–Crippen LogP) is 3.52. The van der Waals surface area contributed by atoms with Gasteiger partial charge in [0.2, 0.25) is 0 Å². The number of hydrogen-bond donors (Lipinski definition) is 1. The van der Waals surface area contributed by atoms with Gasteiger partial charge < -0.3 is 10.2 Å². The van der Waals surface area contributed by atoms with Gasteiger partial charge in [0.25, 0.3) is 0 Å². The van der Waals surface area contributed by atoms with E-state index in [1.54, 1.807) is 0 Å². The molecule has 0 aromatic carbocycles. The second-order valence-electron chi connectivity index (χ2n) is 7.27. The van der Waals surface area contributed by atoms with Gasteiger partial charge in [-0.05, 0) is 69.4 Å². The highest BCUT2D eigenvalue weighted by Gasteiger charge is 2.37. The molecule has 0 aromatic rings. The predicted molar refractivity (Wildman–Crippen MR) is 83.4 cm³/mol. The first-order chi connectivity index (χ1) is 9.12. The summed E-state index contributed by atoms with van der Waals surface area (Å²) in [7, 11) is 2.15. The van der Waals surface area contributed by atoms with E-state index < -0.39 is 0 Å². The van der Waals surface area contributed by atoms with Gasteiger partial charge in [-0.3, -0.25) is 0 Å². The van der Waals surface area contributed by atoms with Crippen LogP contribution in [0.15, 0.2) is 0 Å². The van der Waals surface area contributed by atoms with E-state index in [-0.39, 0.29) is 0 Å². The van der Waals surface area contributed by atoms with Crippen molar-refractivity contribution in [3.8, 4) is 0 Å². The van der Waals surface area contributed by atoms with Crippen molar-refractivity contribution in [2.75, 3.05) is 26.7 Å². The lowest BCUT2D eigenvalue weighted by molar-refractivity contribution is 0.151. The van der Waals surface area contributed by atoms with E-state index in [4.69, 9.17) is 0 Å². The second-order valence-corrected chi connectivity index (χ2v) is 7.27. The maximum atomic E-state index is 3.57. The molecule has 2 rings (SSSR count). The molecule has 0 spiro atoms. The average Bonchev–Trinajstić information content (AvgIpc) is 2.83. The number of likely N-dealkylation sites (tertiary alicyclic amines) is 1. The van der Waals surface area contributed by atoms with Crippen LogP contribution in [0, 0.1) is 17.3 Å². The Kier molecular flexibility index (Phi) is 5.30. The lowest BCUT2D eigenvalue weighted by Crippen LogP contribution is -2.44. The van der Waals surface area contributed by atoms with Gasteiger partial charge in [-0.1, -0.05) is 20.8 Å². The zero-order chi connectivity index (χ0) is 13.9.